The smallest absolute Gasteiger partial charge is 0 e. The first-order valence-corrected chi connectivity index (χ1v) is 0. The molecule has 0 aliphatic heterocycles. The first-order chi connectivity index (χ1) is 0. The zero-order chi connectivity index (χ0) is 0. The molecule has 0 aromatic heterocycles. The van der Waals surface area contributed by atoms with Gasteiger partial charge in [0, 0.05) is 19.5 Å². The van der Waals surface area contributed by atoms with Gasteiger partial charge >= 0.3 is 0 Å². The molecule has 0 aliphatic rings. The fourth-order valence-corrected chi connectivity index (χ4v) is 0. The van der Waals surface area contributed by atoms with Crippen LogP contribution in [0.1, 0.15) is 0 Å². The third-order valence-electron chi connectivity index (χ3n) is 0. The average Bonchev–Trinajstić information content (AvgIpc) is 0. The topological polar surface area (TPSA) is 35.0 Å². The van der Waals surface area contributed by atoms with Crippen molar-refractivity contribution in [2.75, 3.05) is 0 Å². The van der Waals surface area contributed by atoms with Crippen molar-refractivity contribution in [1.82, 2.24) is 6.15 Å². The van der Waals surface area contributed by atoms with Gasteiger partial charge < -0.3 is 6.15 Å². The van der Waals surface area contributed by atoms with Crippen LogP contribution in [-0.4, -0.2) is 0 Å². The third-order valence-corrected chi connectivity index (χ3v) is 0. The molecule has 0 radical (unpaired) electrons. The van der Waals surface area contributed by atoms with Gasteiger partial charge in [-0.1, -0.05) is 0 Å². The van der Waals surface area contributed by atoms with E-state index in [2.05, 4.69) is 0 Å². The molecule has 0 spiro atoms. The maximum Gasteiger partial charge on any atom is 0 e. The molecular weight excluding hydrogens is 117 g/mol. The van der Waals surface area contributed by atoms with E-state index in [9.17, 15) is 0 Å². The minimum absolute atomic E-state index is 0. The van der Waals surface area contributed by atoms with Crippen LogP contribution in [0.3, 0.4) is 0 Å². The van der Waals surface area contributed by atoms with Crippen molar-refractivity contribution in [2.24, 2.45) is 0 Å². The molecule has 0 fully saturated rings. The van der Waals surface area contributed by atoms with E-state index in [1.807, 2.05) is 0 Å². The molecule has 4 heteroatoms. The summed E-state index contributed by atoms with van der Waals surface area (Å²) >= 11 is 0. The number of halogens is 2. The van der Waals surface area contributed by atoms with Gasteiger partial charge in [0.1, 0.15) is 0 Å². The second-order valence-corrected chi connectivity index (χ2v) is 0. The molecule has 0 aliphatic carbocycles. The molecule has 0 amide bonds. The maximum absolute atomic E-state index is 0. The summed E-state index contributed by atoms with van der Waals surface area (Å²) in [6.07, 6.45) is 0. The molecule has 1 nitrogen and oxygen atoms in total. The summed E-state index contributed by atoms with van der Waals surface area (Å²) < 4.78 is 0. The Labute approximate surface area is 35.8 Å². The zero-order valence-electron chi connectivity index (χ0n) is 2.23. The van der Waals surface area contributed by atoms with Crippen molar-refractivity contribution in [1.29, 1.82) is 0 Å². The first-order valence-electron chi connectivity index (χ1n) is 0. The van der Waals surface area contributed by atoms with E-state index in [0.717, 1.165) is 0 Å². The van der Waals surface area contributed by atoms with Crippen LogP contribution in [0.2, 0.25) is 0 Å². The minimum Gasteiger partial charge on any atom is -0.344 e. The number of hydrogen-bond acceptors (Lipinski definition) is 1. The molecule has 0 rings (SSSR count). The Hall–Kier alpha value is 0.443. The van der Waals surface area contributed by atoms with Crippen LogP contribution in [0, 0.1) is 0 Å². The van der Waals surface area contributed by atoms with E-state index < -0.39 is 0 Å². The molecule has 0 aromatic carbocycles. The Bertz CT molecular complexity index is 6.00. The Kier molecular flexibility index (Phi) is 7010. The average molecular weight is 122 g/mol. The van der Waals surface area contributed by atoms with Crippen molar-refractivity contribution in [3.05, 3.63) is 0 Å². The molecule has 0 saturated heterocycles. The SMILES string of the molecule is F.F.N.[Zn]. The summed E-state index contributed by atoms with van der Waals surface area (Å²) in [5.74, 6) is 0. The molecule has 4 heavy (non-hydrogen) atoms. The second kappa shape index (κ2) is 105. The summed E-state index contributed by atoms with van der Waals surface area (Å²) in [6, 6.07) is 0. The quantitative estimate of drug-likeness (QED) is 0.466. The first kappa shape index (κ1) is 268. The number of rotatable bonds is 0. The van der Waals surface area contributed by atoms with Gasteiger partial charge in [0.2, 0.25) is 0 Å². The molecule has 0 saturated carbocycles. The second-order valence-electron chi connectivity index (χ2n) is 0. The zero-order valence-corrected chi connectivity index (χ0v) is 5.20. The van der Waals surface area contributed by atoms with Crippen LogP contribution in [0.4, 0.5) is 9.41 Å². The molecule has 0 unspecified atom stereocenters. The molecular formula is H5F2NZn. The van der Waals surface area contributed by atoms with Gasteiger partial charge in [-0.15, -0.1) is 0 Å². The van der Waals surface area contributed by atoms with E-state index in [4.69, 9.17) is 0 Å². The Morgan fingerprint density at radius 2 is 0.750 bits per heavy atom. The van der Waals surface area contributed by atoms with Gasteiger partial charge in [-0.05, 0) is 0 Å². The van der Waals surface area contributed by atoms with Crippen molar-refractivity contribution < 1.29 is 28.9 Å². The fraction of sp³-hybridized carbons (Fsp3) is 0. The molecule has 26 valence electrons. The van der Waals surface area contributed by atoms with Crippen molar-refractivity contribution in [3.63, 3.8) is 0 Å². The van der Waals surface area contributed by atoms with E-state index in [-0.39, 0.29) is 35.0 Å². The Morgan fingerprint density at radius 3 is 0.750 bits per heavy atom. The van der Waals surface area contributed by atoms with E-state index in [1.165, 1.54) is 0 Å². The van der Waals surface area contributed by atoms with E-state index in [0.29, 0.717) is 0 Å². The van der Waals surface area contributed by atoms with Gasteiger partial charge in [0.05, 0.1) is 0 Å². The summed E-state index contributed by atoms with van der Waals surface area (Å²) in [4.78, 5) is 0. The van der Waals surface area contributed by atoms with Crippen LogP contribution in [0.15, 0.2) is 0 Å². The molecule has 3 N–H and O–H groups in total. The van der Waals surface area contributed by atoms with Gasteiger partial charge in [-0.3, -0.25) is 9.41 Å². The Morgan fingerprint density at radius 1 is 0.750 bits per heavy atom. The summed E-state index contributed by atoms with van der Waals surface area (Å²) in [7, 11) is 0. The standard InChI is InChI=1S/2FH.H3N.Zn/h2*1H;1H3;. The number of hydrogen-bond donors (Lipinski definition) is 1. The predicted molar refractivity (Wildman–Crippen MR) is 10.0 cm³/mol. The molecule has 0 atom stereocenters. The van der Waals surface area contributed by atoms with Crippen molar-refractivity contribution in [2.45, 2.75) is 0 Å². The van der Waals surface area contributed by atoms with Crippen molar-refractivity contribution in [3.8, 4) is 0 Å². The third kappa shape index (κ3) is 25.9. The largest absolute Gasteiger partial charge is 0.344 e. The van der Waals surface area contributed by atoms with Gasteiger partial charge in [0.25, 0.3) is 0 Å². The van der Waals surface area contributed by atoms with E-state index >= 15 is 0 Å². The van der Waals surface area contributed by atoms with Crippen LogP contribution < -0.4 is 6.15 Å². The van der Waals surface area contributed by atoms with Crippen LogP contribution in [0.5, 0.6) is 0 Å². The van der Waals surface area contributed by atoms with Crippen LogP contribution in [0.25, 0.3) is 0 Å². The van der Waals surface area contributed by atoms with Gasteiger partial charge in [0.15, 0.2) is 0 Å². The monoisotopic (exact) mass is 121 g/mol. The van der Waals surface area contributed by atoms with Gasteiger partial charge in [-0.25, -0.2) is 0 Å². The molecule has 0 bridgehead atoms. The van der Waals surface area contributed by atoms with E-state index in [1.54, 1.807) is 0 Å². The summed E-state index contributed by atoms with van der Waals surface area (Å²) in [5, 5.41) is 0. The molecule has 0 heterocycles. The maximum atomic E-state index is 0. The van der Waals surface area contributed by atoms with Gasteiger partial charge in [-0.2, -0.15) is 0 Å². The predicted octanol–water partition coefficient (Wildman–Crippen LogP) is 0.465. The summed E-state index contributed by atoms with van der Waals surface area (Å²) in [6.45, 7) is 0. The fourth-order valence-electron chi connectivity index (χ4n) is 0. The Balaban J connectivity index is 0. The van der Waals surface area contributed by atoms with Crippen LogP contribution >= 0.6 is 0 Å². The summed E-state index contributed by atoms with van der Waals surface area (Å²) in [5.41, 5.74) is 0. The minimum atomic E-state index is 0. The normalized spacial score (nSPS) is 0. The molecule has 0 aromatic rings. The van der Waals surface area contributed by atoms with Crippen molar-refractivity contribution >= 4 is 0 Å². The van der Waals surface area contributed by atoms with Crippen LogP contribution in [-0.2, 0) is 19.5 Å².